The zero-order chi connectivity index (χ0) is 28.4. The van der Waals surface area contributed by atoms with Crippen molar-refractivity contribution in [2.45, 2.75) is 50.7 Å². The highest BCUT2D eigenvalue weighted by atomic mass is 32.2. The number of rotatable bonds is 8. The zero-order valence-corrected chi connectivity index (χ0v) is 22.3. The summed E-state index contributed by atoms with van der Waals surface area (Å²) in [5.41, 5.74) is -1.39. The predicted octanol–water partition coefficient (Wildman–Crippen LogP) is 5.61. The fourth-order valence-electron chi connectivity index (χ4n) is 4.72. The fourth-order valence-corrected chi connectivity index (χ4v) is 5.68. The quantitative estimate of drug-likeness (QED) is 0.367. The van der Waals surface area contributed by atoms with Gasteiger partial charge in [0.1, 0.15) is 11.6 Å². The number of alkyl halides is 3. The number of nitrogens with one attached hydrogen (secondary N) is 1. The minimum Gasteiger partial charge on any atom is -0.481 e. The number of sulfonamides is 1. The number of carbonyl (C=O) groups is 1. The third kappa shape index (κ3) is 6.16. The van der Waals surface area contributed by atoms with Gasteiger partial charge in [-0.15, -0.1) is 0 Å². The lowest BCUT2D eigenvalue weighted by Gasteiger charge is -2.38. The van der Waals surface area contributed by atoms with Crippen LogP contribution in [0.1, 0.15) is 44.2 Å². The van der Waals surface area contributed by atoms with Crippen LogP contribution in [-0.4, -0.2) is 42.6 Å². The molecule has 0 bridgehead atoms. The van der Waals surface area contributed by atoms with Gasteiger partial charge in [-0.25, -0.2) is 9.97 Å². The van der Waals surface area contributed by atoms with E-state index >= 15 is 0 Å². The van der Waals surface area contributed by atoms with Crippen LogP contribution in [0, 0.1) is 5.41 Å². The number of hydrogen-bond acceptors (Lipinski definition) is 6. The van der Waals surface area contributed by atoms with Crippen LogP contribution in [0.2, 0.25) is 0 Å². The molecule has 4 rings (SSSR count). The second-order valence-corrected chi connectivity index (χ2v) is 11.5. The molecule has 0 amide bonds. The van der Waals surface area contributed by atoms with Crippen LogP contribution in [0.15, 0.2) is 59.6 Å². The summed E-state index contributed by atoms with van der Waals surface area (Å²) in [5.74, 6) is -0.935. The van der Waals surface area contributed by atoms with E-state index in [4.69, 9.17) is 0 Å². The van der Waals surface area contributed by atoms with Crippen molar-refractivity contribution >= 4 is 27.6 Å². The summed E-state index contributed by atoms with van der Waals surface area (Å²) in [5, 5.41) is 9.24. The summed E-state index contributed by atoms with van der Waals surface area (Å²) in [6.07, 6.45) is -2.39. The van der Waals surface area contributed by atoms with Crippen molar-refractivity contribution in [3.8, 4) is 11.3 Å². The summed E-state index contributed by atoms with van der Waals surface area (Å²) in [6, 6.07) is 12.7. The summed E-state index contributed by atoms with van der Waals surface area (Å²) in [6.45, 7) is 4.21. The summed E-state index contributed by atoms with van der Waals surface area (Å²) in [4.78, 5) is 21.8. The van der Waals surface area contributed by atoms with E-state index in [2.05, 4.69) is 14.7 Å². The first kappa shape index (κ1) is 28.3. The van der Waals surface area contributed by atoms with E-state index in [0.717, 1.165) is 12.1 Å². The van der Waals surface area contributed by atoms with Crippen molar-refractivity contribution in [1.29, 1.82) is 0 Å². The van der Waals surface area contributed by atoms with Gasteiger partial charge in [-0.3, -0.25) is 9.52 Å². The molecule has 39 heavy (non-hydrogen) atoms. The van der Waals surface area contributed by atoms with Gasteiger partial charge in [-0.2, -0.15) is 21.6 Å². The largest absolute Gasteiger partial charge is 0.481 e. The average Bonchev–Trinajstić information content (AvgIpc) is 2.88. The number of aromatic nitrogens is 2. The number of anilines is 2. The van der Waals surface area contributed by atoms with Crippen LogP contribution < -0.4 is 9.62 Å². The first-order valence-electron chi connectivity index (χ1n) is 12.5. The highest BCUT2D eigenvalue weighted by Crippen LogP contribution is 2.38. The molecule has 1 unspecified atom stereocenters. The number of nitrogens with zero attached hydrogens (tertiary/aromatic N) is 3. The molecule has 0 saturated carbocycles. The molecule has 3 aromatic rings. The standard InChI is InChI=1S/C27H29F3N4O4S/c1-3-8-18-9-4-5-10-19(18)24-20(27(28,29)30)13-14-21(31-24)33-39(37,38)23-12-6-11-22(32-23)34-16-7-15-26(2,17-34)25(35)36/h4-6,9-14H,3,7-8,15-17H2,1-2H3,(H,31,33)(H,35,36). The first-order valence-corrected chi connectivity index (χ1v) is 14.0. The van der Waals surface area contributed by atoms with Gasteiger partial charge in [0.25, 0.3) is 10.0 Å². The Hall–Kier alpha value is -3.67. The maximum Gasteiger partial charge on any atom is 0.418 e. The van der Waals surface area contributed by atoms with Gasteiger partial charge in [-0.05, 0) is 56.0 Å². The SMILES string of the molecule is CCCc1ccccc1-c1nc(NS(=O)(=O)c2cccc(N3CCCC(C)(C(=O)O)C3)n2)ccc1C(F)(F)F. The summed E-state index contributed by atoms with van der Waals surface area (Å²) in [7, 11) is -4.34. The Labute approximate surface area is 225 Å². The van der Waals surface area contributed by atoms with E-state index in [1.165, 1.54) is 18.2 Å². The molecule has 1 aliphatic rings. The van der Waals surface area contributed by atoms with Gasteiger partial charge in [0.15, 0.2) is 5.03 Å². The molecular weight excluding hydrogens is 533 g/mol. The van der Waals surface area contributed by atoms with Gasteiger partial charge >= 0.3 is 12.1 Å². The van der Waals surface area contributed by atoms with E-state index in [1.807, 2.05) is 6.92 Å². The Morgan fingerprint density at radius 1 is 1.10 bits per heavy atom. The molecule has 3 heterocycles. The predicted molar refractivity (Wildman–Crippen MR) is 141 cm³/mol. The van der Waals surface area contributed by atoms with Crippen molar-refractivity contribution in [3.63, 3.8) is 0 Å². The lowest BCUT2D eigenvalue weighted by Crippen LogP contribution is -2.46. The minimum absolute atomic E-state index is 0.160. The second-order valence-electron chi connectivity index (χ2n) is 9.83. The van der Waals surface area contributed by atoms with Gasteiger partial charge in [0.2, 0.25) is 0 Å². The highest BCUT2D eigenvalue weighted by molar-refractivity contribution is 7.92. The molecule has 1 aromatic carbocycles. The van der Waals surface area contributed by atoms with Gasteiger partial charge in [0, 0.05) is 18.7 Å². The molecule has 0 aliphatic carbocycles. The average molecular weight is 563 g/mol. The van der Waals surface area contributed by atoms with Gasteiger partial charge < -0.3 is 10.0 Å². The van der Waals surface area contributed by atoms with Crippen LogP contribution in [0.25, 0.3) is 11.3 Å². The van der Waals surface area contributed by atoms with Gasteiger partial charge in [-0.1, -0.05) is 43.7 Å². The molecule has 8 nitrogen and oxygen atoms in total. The Kier molecular flexibility index (Phi) is 7.87. The van der Waals surface area contributed by atoms with E-state index in [-0.39, 0.29) is 28.6 Å². The highest BCUT2D eigenvalue weighted by Gasteiger charge is 2.39. The number of carboxylic acids is 1. The van der Waals surface area contributed by atoms with E-state index in [1.54, 1.807) is 36.1 Å². The topological polar surface area (TPSA) is 112 Å². The van der Waals surface area contributed by atoms with E-state index in [9.17, 15) is 31.5 Å². The Morgan fingerprint density at radius 3 is 2.54 bits per heavy atom. The monoisotopic (exact) mass is 562 g/mol. The maximum absolute atomic E-state index is 13.9. The molecule has 208 valence electrons. The maximum atomic E-state index is 13.9. The molecule has 12 heteroatoms. The summed E-state index contributed by atoms with van der Waals surface area (Å²) >= 11 is 0. The Balaban J connectivity index is 1.68. The minimum atomic E-state index is -4.70. The number of pyridine rings is 2. The third-order valence-electron chi connectivity index (χ3n) is 6.75. The Bertz CT molecular complexity index is 1480. The summed E-state index contributed by atoms with van der Waals surface area (Å²) < 4.78 is 70.3. The van der Waals surface area contributed by atoms with Crippen LogP contribution in [0.5, 0.6) is 0 Å². The molecule has 2 aromatic heterocycles. The van der Waals surface area contributed by atoms with Crippen molar-refractivity contribution in [2.24, 2.45) is 5.41 Å². The Morgan fingerprint density at radius 2 is 1.85 bits per heavy atom. The molecule has 0 spiro atoms. The number of carboxylic acid groups (broad SMARTS) is 1. The molecule has 1 atom stereocenters. The van der Waals surface area contributed by atoms with Gasteiger partial charge in [0.05, 0.1) is 16.7 Å². The van der Waals surface area contributed by atoms with E-state index < -0.39 is 33.1 Å². The molecular formula is C27H29F3N4O4S. The van der Waals surface area contributed by atoms with Crippen molar-refractivity contribution in [3.05, 3.63) is 65.7 Å². The molecule has 2 N–H and O–H groups in total. The molecule has 1 saturated heterocycles. The number of aliphatic carboxylic acids is 1. The number of benzene rings is 1. The van der Waals surface area contributed by atoms with Crippen molar-refractivity contribution in [1.82, 2.24) is 9.97 Å². The normalized spacial score (nSPS) is 18.1. The lowest BCUT2D eigenvalue weighted by atomic mass is 9.82. The zero-order valence-electron chi connectivity index (χ0n) is 21.5. The number of halogens is 3. The van der Waals surface area contributed by atoms with Crippen molar-refractivity contribution in [2.75, 3.05) is 22.7 Å². The van der Waals surface area contributed by atoms with Crippen molar-refractivity contribution < 1.29 is 31.5 Å². The molecule has 1 fully saturated rings. The molecule has 0 radical (unpaired) electrons. The number of aryl methyl sites for hydroxylation is 1. The third-order valence-corrected chi connectivity index (χ3v) is 8.01. The second kappa shape index (κ2) is 10.8. The number of hydrogen-bond donors (Lipinski definition) is 2. The fraction of sp³-hybridized carbons (Fsp3) is 0.370. The number of piperidine rings is 1. The van der Waals surface area contributed by atoms with Crippen LogP contribution in [0.3, 0.4) is 0 Å². The van der Waals surface area contributed by atoms with Crippen LogP contribution in [-0.2, 0) is 27.4 Å². The van der Waals surface area contributed by atoms with Crippen LogP contribution in [0.4, 0.5) is 24.8 Å². The smallest absolute Gasteiger partial charge is 0.418 e. The lowest BCUT2D eigenvalue weighted by molar-refractivity contribution is -0.148. The molecule has 1 aliphatic heterocycles. The van der Waals surface area contributed by atoms with E-state index in [0.29, 0.717) is 43.6 Å². The first-order chi connectivity index (χ1) is 18.3. The van der Waals surface area contributed by atoms with Crippen LogP contribution >= 0.6 is 0 Å².